The zero-order valence-corrected chi connectivity index (χ0v) is 14.4. The summed E-state index contributed by atoms with van der Waals surface area (Å²) in [5, 5.41) is 4.70. The standard InChI is InChI=1S/C18H19FN6O/c1-2-9-25-14-5-10-24(18(26)16-13(19)4-3-6-20-16)11-12(14)15(23-25)17-21-7-8-22-17/h3-4,6-8H,2,5,9-11H2,1H3,(H,21,22). The van der Waals surface area contributed by atoms with Gasteiger partial charge in [-0.2, -0.15) is 5.10 Å². The largest absolute Gasteiger partial charge is 0.343 e. The molecule has 1 amide bonds. The fourth-order valence-corrected chi connectivity index (χ4v) is 3.34. The number of fused-ring (bicyclic) bond motifs is 1. The van der Waals surface area contributed by atoms with Gasteiger partial charge < -0.3 is 9.88 Å². The summed E-state index contributed by atoms with van der Waals surface area (Å²) in [4.78, 5) is 25.7. The van der Waals surface area contributed by atoms with E-state index in [1.54, 1.807) is 17.3 Å². The van der Waals surface area contributed by atoms with Crippen molar-refractivity contribution in [2.24, 2.45) is 0 Å². The number of rotatable bonds is 4. The molecule has 0 saturated carbocycles. The summed E-state index contributed by atoms with van der Waals surface area (Å²) in [6.07, 6.45) is 6.49. The van der Waals surface area contributed by atoms with E-state index < -0.39 is 11.7 Å². The smallest absolute Gasteiger partial charge is 0.275 e. The van der Waals surface area contributed by atoms with E-state index in [9.17, 15) is 9.18 Å². The number of imidazole rings is 1. The van der Waals surface area contributed by atoms with Crippen LogP contribution in [0.3, 0.4) is 0 Å². The number of halogens is 1. The van der Waals surface area contributed by atoms with Crippen molar-refractivity contribution in [1.29, 1.82) is 0 Å². The van der Waals surface area contributed by atoms with Crippen molar-refractivity contribution in [2.45, 2.75) is 32.9 Å². The Kier molecular flexibility index (Phi) is 4.24. The predicted octanol–water partition coefficient (Wildman–Crippen LogP) is 2.42. The van der Waals surface area contributed by atoms with Gasteiger partial charge in [0.05, 0.1) is 6.54 Å². The maximum absolute atomic E-state index is 14.0. The molecule has 134 valence electrons. The summed E-state index contributed by atoms with van der Waals surface area (Å²) in [6, 6.07) is 2.73. The molecule has 0 aromatic carbocycles. The normalized spacial score (nSPS) is 13.7. The molecule has 1 aliphatic rings. The average molecular weight is 354 g/mol. The number of nitrogens with zero attached hydrogens (tertiary/aromatic N) is 5. The van der Waals surface area contributed by atoms with Crippen LogP contribution in [0.4, 0.5) is 4.39 Å². The summed E-state index contributed by atoms with van der Waals surface area (Å²) in [5.74, 6) is -0.326. The molecule has 4 heterocycles. The van der Waals surface area contributed by atoms with E-state index in [2.05, 4.69) is 21.9 Å². The quantitative estimate of drug-likeness (QED) is 0.780. The number of aryl methyl sites for hydroxylation is 1. The fourth-order valence-electron chi connectivity index (χ4n) is 3.34. The van der Waals surface area contributed by atoms with E-state index in [0.717, 1.165) is 29.9 Å². The molecule has 0 saturated heterocycles. The van der Waals surface area contributed by atoms with Gasteiger partial charge in [-0.3, -0.25) is 9.48 Å². The molecule has 0 unspecified atom stereocenters. The van der Waals surface area contributed by atoms with Crippen LogP contribution in [-0.4, -0.2) is 42.1 Å². The molecule has 1 aliphatic heterocycles. The van der Waals surface area contributed by atoms with E-state index in [0.29, 0.717) is 25.3 Å². The van der Waals surface area contributed by atoms with Gasteiger partial charge in [-0.25, -0.2) is 14.4 Å². The Balaban J connectivity index is 1.70. The molecule has 0 radical (unpaired) electrons. The third-order valence-corrected chi connectivity index (χ3v) is 4.54. The lowest BCUT2D eigenvalue weighted by molar-refractivity contribution is 0.0722. The van der Waals surface area contributed by atoms with Crippen LogP contribution in [0.15, 0.2) is 30.7 Å². The molecule has 26 heavy (non-hydrogen) atoms. The molecule has 0 spiro atoms. The number of aromatic nitrogens is 5. The van der Waals surface area contributed by atoms with E-state index in [1.807, 2.05) is 4.68 Å². The maximum Gasteiger partial charge on any atom is 0.275 e. The average Bonchev–Trinajstić information content (AvgIpc) is 3.30. The molecule has 7 nitrogen and oxygen atoms in total. The number of amides is 1. The van der Waals surface area contributed by atoms with Crippen LogP contribution in [0, 0.1) is 5.82 Å². The number of carbonyl (C=O) groups excluding carboxylic acids is 1. The number of carbonyl (C=O) groups is 1. The second-order valence-corrected chi connectivity index (χ2v) is 6.25. The molecule has 4 rings (SSSR count). The number of hydrogen-bond acceptors (Lipinski definition) is 4. The molecule has 8 heteroatoms. The second kappa shape index (κ2) is 6.70. The molecule has 0 bridgehead atoms. The minimum atomic E-state index is -0.601. The minimum Gasteiger partial charge on any atom is -0.343 e. The highest BCUT2D eigenvalue weighted by Crippen LogP contribution is 2.29. The Morgan fingerprint density at radius 1 is 1.35 bits per heavy atom. The minimum absolute atomic E-state index is 0.142. The van der Waals surface area contributed by atoms with Gasteiger partial charge in [0.2, 0.25) is 0 Å². The number of hydrogen-bond donors (Lipinski definition) is 1. The first-order valence-corrected chi connectivity index (χ1v) is 8.67. The first-order chi connectivity index (χ1) is 12.7. The SMILES string of the molecule is CCCn1nc(-c2ncc[nH]2)c2c1CCN(C(=O)c1ncccc1F)C2. The highest BCUT2D eigenvalue weighted by Gasteiger charge is 2.30. The molecule has 0 fully saturated rings. The van der Waals surface area contributed by atoms with Crippen molar-refractivity contribution in [1.82, 2.24) is 29.6 Å². The summed E-state index contributed by atoms with van der Waals surface area (Å²) >= 11 is 0. The molecule has 0 aliphatic carbocycles. The Morgan fingerprint density at radius 2 is 2.23 bits per heavy atom. The van der Waals surface area contributed by atoms with Gasteiger partial charge in [0, 0.05) is 49.4 Å². The van der Waals surface area contributed by atoms with E-state index >= 15 is 0 Å². The summed E-state index contributed by atoms with van der Waals surface area (Å²) < 4.78 is 16.0. The monoisotopic (exact) mass is 354 g/mol. The molecule has 3 aromatic rings. The lowest BCUT2D eigenvalue weighted by Crippen LogP contribution is -2.37. The summed E-state index contributed by atoms with van der Waals surface area (Å²) in [5.41, 5.74) is 2.68. The van der Waals surface area contributed by atoms with Crippen molar-refractivity contribution in [3.05, 3.63) is 53.5 Å². The molecule has 3 aromatic heterocycles. The van der Waals surface area contributed by atoms with Gasteiger partial charge >= 0.3 is 0 Å². The van der Waals surface area contributed by atoms with Gasteiger partial charge in [0.25, 0.3) is 5.91 Å². The molecular weight excluding hydrogens is 335 g/mol. The number of aromatic amines is 1. The lowest BCUT2D eigenvalue weighted by Gasteiger charge is -2.27. The van der Waals surface area contributed by atoms with Crippen LogP contribution in [0.25, 0.3) is 11.5 Å². The number of H-pyrrole nitrogens is 1. The third-order valence-electron chi connectivity index (χ3n) is 4.54. The van der Waals surface area contributed by atoms with Crippen molar-refractivity contribution in [3.63, 3.8) is 0 Å². The van der Waals surface area contributed by atoms with Crippen LogP contribution < -0.4 is 0 Å². The van der Waals surface area contributed by atoms with Gasteiger partial charge in [0.1, 0.15) is 5.69 Å². The first-order valence-electron chi connectivity index (χ1n) is 8.67. The number of pyridine rings is 1. The third kappa shape index (κ3) is 2.77. The van der Waals surface area contributed by atoms with E-state index in [1.165, 1.54) is 18.3 Å². The van der Waals surface area contributed by atoms with Gasteiger partial charge in [-0.1, -0.05) is 6.92 Å². The highest BCUT2D eigenvalue weighted by atomic mass is 19.1. The Bertz CT molecular complexity index is 933. The summed E-state index contributed by atoms with van der Waals surface area (Å²) in [7, 11) is 0. The predicted molar refractivity (Wildman–Crippen MR) is 92.7 cm³/mol. The van der Waals surface area contributed by atoms with Gasteiger partial charge in [-0.15, -0.1) is 0 Å². The molecule has 1 N–H and O–H groups in total. The van der Waals surface area contributed by atoms with Crippen molar-refractivity contribution in [3.8, 4) is 11.5 Å². The molecule has 0 atom stereocenters. The number of nitrogens with one attached hydrogen (secondary N) is 1. The maximum atomic E-state index is 14.0. The van der Waals surface area contributed by atoms with Crippen molar-refractivity contribution in [2.75, 3.05) is 6.54 Å². The Labute approximate surface area is 149 Å². The van der Waals surface area contributed by atoms with Crippen LogP contribution in [0.1, 0.15) is 35.1 Å². The molecular formula is C18H19FN6O. The van der Waals surface area contributed by atoms with Gasteiger partial charge in [-0.05, 0) is 18.6 Å². The highest BCUT2D eigenvalue weighted by molar-refractivity contribution is 5.92. The summed E-state index contributed by atoms with van der Waals surface area (Å²) in [6.45, 7) is 3.79. The van der Waals surface area contributed by atoms with Crippen LogP contribution in [0.5, 0.6) is 0 Å². The Morgan fingerprint density at radius 3 is 2.96 bits per heavy atom. The zero-order valence-electron chi connectivity index (χ0n) is 14.4. The van der Waals surface area contributed by atoms with Gasteiger partial charge in [0.15, 0.2) is 17.3 Å². The fraction of sp³-hybridized carbons (Fsp3) is 0.333. The Hall–Kier alpha value is -3.03. The van der Waals surface area contributed by atoms with Crippen LogP contribution >= 0.6 is 0 Å². The van der Waals surface area contributed by atoms with E-state index in [-0.39, 0.29) is 5.69 Å². The van der Waals surface area contributed by atoms with Crippen LogP contribution in [0.2, 0.25) is 0 Å². The van der Waals surface area contributed by atoms with E-state index in [4.69, 9.17) is 5.10 Å². The first kappa shape index (κ1) is 16.4. The van der Waals surface area contributed by atoms with Crippen molar-refractivity contribution >= 4 is 5.91 Å². The lowest BCUT2D eigenvalue weighted by atomic mass is 10.0. The van der Waals surface area contributed by atoms with Crippen molar-refractivity contribution < 1.29 is 9.18 Å². The zero-order chi connectivity index (χ0) is 18.1. The topological polar surface area (TPSA) is 79.7 Å². The van der Waals surface area contributed by atoms with Crippen LogP contribution in [-0.2, 0) is 19.5 Å². The second-order valence-electron chi connectivity index (χ2n) is 6.25.